The van der Waals surface area contributed by atoms with Crippen molar-refractivity contribution in [3.8, 4) is 10.8 Å². The third-order valence-electron chi connectivity index (χ3n) is 3.54. The van der Waals surface area contributed by atoms with Crippen LogP contribution in [0.3, 0.4) is 0 Å². The Kier molecular flexibility index (Phi) is 4.30. The van der Waals surface area contributed by atoms with Gasteiger partial charge in [-0.1, -0.05) is 0 Å². The Hall–Kier alpha value is -1.67. The van der Waals surface area contributed by atoms with Gasteiger partial charge in [0, 0.05) is 11.9 Å². The van der Waals surface area contributed by atoms with E-state index in [0.29, 0.717) is 24.4 Å². The van der Waals surface area contributed by atoms with Crippen LogP contribution >= 0.6 is 11.3 Å². The molecule has 1 saturated heterocycles. The van der Waals surface area contributed by atoms with Crippen molar-refractivity contribution in [2.75, 3.05) is 18.1 Å². The minimum Gasteiger partial charge on any atom is -0.462 e. The molecule has 3 heterocycles. The first-order valence-corrected chi connectivity index (χ1v) is 9.67. The molecule has 1 unspecified atom stereocenters. The number of carbonyl (C=O) groups is 1. The van der Waals surface area contributed by atoms with E-state index in [4.69, 9.17) is 4.42 Å². The van der Waals surface area contributed by atoms with Gasteiger partial charge in [-0.3, -0.25) is 4.79 Å². The van der Waals surface area contributed by atoms with E-state index in [-0.39, 0.29) is 29.8 Å². The van der Waals surface area contributed by atoms with Gasteiger partial charge in [-0.15, -0.1) is 11.3 Å². The molecule has 1 aliphatic rings. The molecule has 8 heteroatoms. The summed E-state index contributed by atoms with van der Waals surface area (Å²) in [4.78, 5) is 16.3. The molecule has 2 aromatic rings. The van der Waals surface area contributed by atoms with Gasteiger partial charge in [-0.05, 0) is 24.5 Å². The van der Waals surface area contributed by atoms with Crippen LogP contribution in [0.1, 0.15) is 12.1 Å². The number of rotatable bonds is 5. The molecule has 0 spiro atoms. The van der Waals surface area contributed by atoms with Crippen LogP contribution in [0.4, 0.5) is 0 Å². The van der Waals surface area contributed by atoms with E-state index in [0.717, 1.165) is 5.01 Å². The van der Waals surface area contributed by atoms with E-state index in [9.17, 15) is 13.2 Å². The van der Waals surface area contributed by atoms with E-state index in [1.165, 1.54) is 11.3 Å². The zero-order valence-corrected chi connectivity index (χ0v) is 13.5. The number of nitrogens with zero attached hydrogens (tertiary/aromatic N) is 1. The summed E-state index contributed by atoms with van der Waals surface area (Å²) >= 11 is 1.43. The second kappa shape index (κ2) is 6.21. The SMILES string of the molecule is O=C(Cc1csc(-c2ccco2)n1)NCC1CCS(=O)(=O)C1. The first kappa shape index (κ1) is 15.2. The Morgan fingerprint density at radius 2 is 2.36 bits per heavy atom. The van der Waals surface area contributed by atoms with Crippen molar-refractivity contribution in [2.45, 2.75) is 12.8 Å². The molecule has 0 radical (unpaired) electrons. The molecule has 0 bridgehead atoms. The molecule has 2 aromatic heterocycles. The first-order chi connectivity index (χ1) is 10.5. The Balaban J connectivity index is 1.50. The molecule has 22 heavy (non-hydrogen) atoms. The van der Waals surface area contributed by atoms with E-state index < -0.39 is 9.84 Å². The average Bonchev–Trinajstić information content (AvgIpc) is 3.16. The summed E-state index contributed by atoms with van der Waals surface area (Å²) in [5.41, 5.74) is 0.688. The maximum atomic E-state index is 11.9. The monoisotopic (exact) mass is 340 g/mol. The topological polar surface area (TPSA) is 89.3 Å². The third-order valence-corrected chi connectivity index (χ3v) is 6.28. The summed E-state index contributed by atoms with van der Waals surface area (Å²) in [6, 6.07) is 3.61. The molecule has 3 rings (SSSR count). The molecule has 1 aliphatic heterocycles. The zero-order valence-electron chi connectivity index (χ0n) is 11.8. The van der Waals surface area contributed by atoms with Crippen LogP contribution in [0.15, 0.2) is 28.2 Å². The number of hydrogen-bond acceptors (Lipinski definition) is 6. The fourth-order valence-corrected chi connectivity index (χ4v) is 5.07. The van der Waals surface area contributed by atoms with Crippen LogP contribution in [-0.2, 0) is 21.1 Å². The molecule has 1 fully saturated rings. The highest BCUT2D eigenvalue weighted by molar-refractivity contribution is 7.91. The highest BCUT2D eigenvalue weighted by Crippen LogP contribution is 2.24. The van der Waals surface area contributed by atoms with Crippen molar-refractivity contribution in [2.24, 2.45) is 5.92 Å². The summed E-state index contributed by atoms with van der Waals surface area (Å²) in [7, 11) is -2.90. The molecule has 0 aliphatic carbocycles. The van der Waals surface area contributed by atoms with Gasteiger partial charge in [0.05, 0.1) is 29.9 Å². The van der Waals surface area contributed by atoms with Crippen LogP contribution in [0.5, 0.6) is 0 Å². The van der Waals surface area contributed by atoms with Gasteiger partial charge in [0.1, 0.15) is 0 Å². The molecule has 1 amide bonds. The van der Waals surface area contributed by atoms with E-state index in [2.05, 4.69) is 10.3 Å². The molecule has 0 aromatic carbocycles. The van der Waals surface area contributed by atoms with Crippen molar-refractivity contribution in [3.63, 3.8) is 0 Å². The Bertz CT molecular complexity index is 750. The van der Waals surface area contributed by atoms with E-state index in [1.54, 1.807) is 12.3 Å². The summed E-state index contributed by atoms with van der Waals surface area (Å²) in [6.07, 6.45) is 2.40. The maximum absolute atomic E-state index is 11.9. The first-order valence-electron chi connectivity index (χ1n) is 6.97. The standard InChI is InChI=1S/C14H16N2O4S2/c17-13(15-7-10-3-5-22(18,19)9-10)6-11-8-21-14(16-11)12-2-1-4-20-12/h1-2,4,8,10H,3,5-7,9H2,(H,15,17). The second-order valence-electron chi connectivity index (χ2n) is 5.37. The van der Waals surface area contributed by atoms with Gasteiger partial charge >= 0.3 is 0 Å². The molecule has 0 saturated carbocycles. The van der Waals surface area contributed by atoms with Gasteiger partial charge < -0.3 is 9.73 Å². The largest absolute Gasteiger partial charge is 0.462 e. The van der Waals surface area contributed by atoms with Gasteiger partial charge in [0.25, 0.3) is 0 Å². The number of carbonyl (C=O) groups excluding carboxylic acids is 1. The quantitative estimate of drug-likeness (QED) is 0.891. The average molecular weight is 340 g/mol. The summed E-state index contributed by atoms with van der Waals surface area (Å²) in [6.45, 7) is 0.410. The fourth-order valence-electron chi connectivity index (χ4n) is 2.42. The van der Waals surface area contributed by atoms with Crippen LogP contribution in [0.25, 0.3) is 10.8 Å². The summed E-state index contributed by atoms with van der Waals surface area (Å²) in [5, 5.41) is 5.37. The lowest BCUT2D eigenvalue weighted by atomic mass is 10.1. The minimum absolute atomic E-state index is 0.0306. The van der Waals surface area contributed by atoms with E-state index >= 15 is 0 Å². The number of thiazole rings is 1. The van der Waals surface area contributed by atoms with Crippen LogP contribution in [0, 0.1) is 5.92 Å². The highest BCUT2D eigenvalue weighted by atomic mass is 32.2. The van der Waals surface area contributed by atoms with Gasteiger partial charge in [0.2, 0.25) is 5.91 Å². The highest BCUT2D eigenvalue weighted by Gasteiger charge is 2.27. The second-order valence-corrected chi connectivity index (χ2v) is 8.46. The molecular weight excluding hydrogens is 324 g/mol. The number of sulfone groups is 1. The molecule has 118 valence electrons. The normalized spacial score (nSPS) is 20.1. The number of furan rings is 1. The number of aromatic nitrogens is 1. The Morgan fingerprint density at radius 1 is 1.50 bits per heavy atom. The van der Waals surface area contributed by atoms with Crippen LogP contribution < -0.4 is 5.32 Å². The molecule has 1 N–H and O–H groups in total. The van der Waals surface area contributed by atoms with Gasteiger partial charge in [0.15, 0.2) is 20.6 Å². The number of amides is 1. The van der Waals surface area contributed by atoms with Crippen LogP contribution in [-0.4, -0.2) is 37.4 Å². The van der Waals surface area contributed by atoms with Crippen molar-refractivity contribution in [1.29, 1.82) is 0 Å². The van der Waals surface area contributed by atoms with Crippen LogP contribution in [0.2, 0.25) is 0 Å². The van der Waals surface area contributed by atoms with Crippen molar-refractivity contribution in [3.05, 3.63) is 29.5 Å². The predicted molar refractivity (Wildman–Crippen MR) is 83.3 cm³/mol. The number of hydrogen-bond donors (Lipinski definition) is 1. The molecular formula is C14H16N2O4S2. The smallest absolute Gasteiger partial charge is 0.226 e. The fraction of sp³-hybridized carbons (Fsp3) is 0.429. The third kappa shape index (κ3) is 3.75. The molecule has 1 atom stereocenters. The van der Waals surface area contributed by atoms with Gasteiger partial charge in [-0.2, -0.15) is 0 Å². The maximum Gasteiger partial charge on any atom is 0.226 e. The Labute approximate surface area is 132 Å². The zero-order chi connectivity index (χ0) is 15.6. The lowest BCUT2D eigenvalue weighted by molar-refractivity contribution is -0.120. The van der Waals surface area contributed by atoms with Crippen molar-refractivity contribution in [1.82, 2.24) is 10.3 Å². The summed E-state index contributed by atoms with van der Waals surface area (Å²) in [5.74, 6) is 0.982. The lowest BCUT2D eigenvalue weighted by Gasteiger charge is -2.08. The number of nitrogens with one attached hydrogen (secondary N) is 1. The molecule has 6 nitrogen and oxygen atoms in total. The minimum atomic E-state index is -2.90. The lowest BCUT2D eigenvalue weighted by Crippen LogP contribution is -2.31. The van der Waals surface area contributed by atoms with Crippen molar-refractivity contribution < 1.29 is 17.6 Å². The summed E-state index contributed by atoms with van der Waals surface area (Å²) < 4.78 is 28.0. The van der Waals surface area contributed by atoms with E-state index in [1.807, 2.05) is 11.4 Å². The van der Waals surface area contributed by atoms with Gasteiger partial charge in [-0.25, -0.2) is 13.4 Å². The van der Waals surface area contributed by atoms with Crippen molar-refractivity contribution >= 4 is 27.1 Å². The predicted octanol–water partition coefficient (Wildman–Crippen LogP) is 1.50. The Morgan fingerprint density at radius 3 is 3.05 bits per heavy atom.